The third-order valence-electron chi connectivity index (χ3n) is 1.47. The van der Waals surface area contributed by atoms with Gasteiger partial charge >= 0.3 is 7.60 Å². The van der Waals surface area contributed by atoms with E-state index in [0.717, 1.165) is 0 Å². The summed E-state index contributed by atoms with van der Waals surface area (Å²) in [4.78, 5) is 10.4. The normalized spacial score (nSPS) is 14.6. The highest BCUT2D eigenvalue weighted by Gasteiger charge is 2.48. The fourth-order valence-corrected chi connectivity index (χ4v) is 3.93. The van der Waals surface area contributed by atoms with Gasteiger partial charge in [0.05, 0.1) is 13.2 Å². The number of hydrogen-bond donors (Lipinski definition) is 1. The van der Waals surface area contributed by atoms with E-state index < -0.39 is 17.2 Å². The zero-order valence-electron chi connectivity index (χ0n) is 8.78. The topological polar surface area (TPSA) is 64.6 Å². The molecule has 0 bridgehead atoms. The molecule has 0 aromatic carbocycles. The van der Waals surface area contributed by atoms with Crippen molar-refractivity contribution in [2.24, 2.45) is 0 Å². The summed E-state index contributed by atoms with van der Waals surface area (Å²) in [7, 11) is -3.71. The van der Waals surface area contributed by atoms with Crippen molar-refractivity contribution in [2.75, 3.05) is 13.2 Å². The lowest BCUT2D eigenvalue weighted by molar-refractivity contribution is -0.109. The van der Waals surface area contributed by atoms with E-state index in [2.05, 4.69) is 5.32 Å². The van der Waals surface area contributed by atoms with Gasteiger partial charge in [-0.2, -0.15) is 0 Å². The summed E-state index contributed by atoms with van der Waals surface area (Å²) in [6, 6.07) is 0. The Hall–Kier alpha value is 0.490. The van der Waals surface area contributed by atoms with Crippen LogP contribution in [-0.4, -0.2) is 29.2 Å². The summed E-state index contributed by atoms with van der Waals surface area (Å²) in [5.74, 6) is -1.35. The Morgan fingerprint density at radius 2 is 1.75 bits per heavy atom. The molecular weight excluding hydrogens is 299 g/mol. The molecule has 0 aliphatic rings. The Morgan fingerprint density at radius 3 is 2.00 bits per heavy atom. The van der Waals surface area contributed by atoms with E-state index in [1.165, 1.54) is 0 Å². The summed E-state index contributed by atoms with van der Waals surface area (Å²) in [6.45, 7) is 3.44. The average molecular weight is 313 g/mol. The molecule has 1 N–H and O–H groups in total. The molecule has 0 spiro atoms. The van der Waals surface area contributed by atoms with Crippen molar-refractivity contribution in [3.05, 3.63) is 0 Å². The number of alkyl halides is 3. The molecule has 1 amide bonds. The monoisotopic (exact) mass is 311 g/mol. The number of amides is 1. The predicted octanol–water partition coefficient (Wildman–Crippen LogP) is 2.69. The zero-order valence-corrected chi connectivity index (χ0v) is 11.9. The first kappa shape index (κ1) is 16.5. The quantitative estimate of drug-likeness (QED) is 0.446. The van der Waals surface area contributed by atoms with Crippen LogP contribution in [0.25, 0.3) is 0 Å². The van der Waals surface area contributed by atoms with Gasteiger partial charge in [-0.3, -0.25) is 9.36 Å². The Morgan fingerprint density at radius 1 is 1.31 bits per heavy atom. The number of halogens is 3. The fraction of sp³-hybridized carbons (Fsp3) is 0.857. The summed E-state index contributed by atoms with van der Waals surface area (Å²) in [5, 5.41) is 2.14. The second-order valence-electron chi connectivity index (χ2n) is 2.60. The first-order chi connectivity index (χ1) is 7.31. The second-order valence-corrected chi connectivity index (χ2v) is 7.09. The zero-order chi connectivity index (χ0) is 12.8. The molecule has 0 aliphatic heterocycles. The van der Waals surface area contributed by atoms with Crippen LogP contribution in [0.3, 0.4) is 0 Å². The molecule has 9 heteroatoms. The van der Waals surface area contributed by atoms with E-state index in [0.29, 0.717) is 0 Å². The molecule has 0 radical (unpaired) electrons. The highest BCUT2D eigenvalue weighted by Crippen LogP contribution is 2.58. The van der Waals surface area contributed by atoms with Gasteiger partial charge in [0.25, 0.3) is 0 Å². The number of hydrogen-bond acceptors (Lipinski definition) is 4. The molecule has 5 nitrogen and oxygen atoms in total. The van der Waals surface area contributed by atoms with Gasteiger partial charge in [0.15, 0.2) is 5.78 Å². The molecule has 0 rings (SSSR count). The summed E-state index contributed by atoms with van der Waals surface area (Å²) in [6.07, 6.45) is 0.275. The molecule has 16 heavy (non-hydrogen) atoms. The van der Waals surface area contributed by atoms with Gasteiger partial charge in [-0.1, -0.05) is 34.8 Å². The molecule has 1 unspecified atom stereocenters. The molecule has 0 aromatic heterocycles. The first-order valence-electron chi connectivity index (χ1n) is 4.47. The molecule has 0 saturated carbocycles. The fourth-order valence-electron chi connectivity index (χ4n) is 0.976. The standard InChI is InChI=1S/C7H13Cl3NO4P/c1-3-14-16(13,15-4-2)6(11-5-12)7(8,9)10/h5-6H,3-4H2,1-2H3,(H,11,12). The maximum absolute atomic E-state index is 12.2. The van der Waals surface area contributed by atoms with Gasteiger partial charge in [0.1, 0.15) is 0 Å². The van der Waals surface area contributed by atoms with Crippen LogP contribution in [0.2, 0.25) is 0 Å². The maximum atomic E-state index is 12.2. The van der Waals surface area contributed by atoms with Crippen LogP contribution in [-0.2, 0) is 18.4 Å². The van der Waals surface area contributed by atoms with Crippen LogP contribution < -0.4 is 5.32 Å². The van der Waals surface area contributed by atoms with E-state index in [9.17, 15) is 9.36 Å². The Labute approximate surface area is 109 Å². The molecular formula is C7H13Cl3NO4P. The average Bonchev–Trinajstić information content (AvgIpc) is 2.13. The van der Waals surface area contributed by atoms with E-state index in [-0.39, 0.29) is 19.6 Å². The molecule has 96 valence electrons. The van der Waals surface area contributed by atoms with Crippen molar-refractivity contribution < 1.29 is 18.4 Å². The number of rotatable bonds is 7. The van der Waals surface area contributed by atoms with E-state index >= 15 is 0 Å². The molecule has 0 aliphatic carbocycles. The van der Waals surface area contributed by atoms with Gasteiger partial charge in [0, 0.05) is 0 Å². The van der Waals surface area contributed by atoms with Crippen LogP contribution in [0.4, 0.5) is 0 Å². The minimum atomic E-state index is -3.71. The van der Waals surface area contributed by atoms with E-state index in [4.69, 9.17) is 43.9 Å². The highest BCUT2D eigenvalue weighted by molar-refractivity contribution is 7.55. The van der Waals surface area contributed by atoms with E-state index in [1.807, 2.05) is 0 Å². The summed E-state index contributed by atoms with van der Waals surface area (Å²) >= 11 is 16.8. The van der Waals surface area contributed by atoms with Crippen LogP contribution in [0, 0.1) is 0 Å². The molecule has 0 fully saturated rings. The Bertz CT molecular complexity index is 261. The number of nitrogens with one attached hydrogen (secondary N) is 1. The van der Waals surface area contributed by atoms with Gasteiger partial charge in [-0.15, -0.1) is 0 Å². The van der Waals surface area contributed by atoms with Gasteiger partial charge in [0.2, 0.25) is 10.2 Å². The van der Waals surface area contributed by atoms with Crippen LogP contribution in [0.1, 0.15) is 13.8 Å². The SMILES string of the molecule is CCOP(=O)(OCC)C(NC=O)C(Cl)(Cl)Cl. The highest BCUT2D eigenvalue weighted by atomic mass is 35.6. The van der Waals surface area contributed by atoms with Crippen LogP contribution in [0.15, 0.2) is 0 Å². The number of carbonyl (C=O) groups is 1. The Kier molecular flexibility index (Phi) is 7.26. The van der Waals surface area contributed by atoms with Crippen LogP contribution >= 0.6 is 42.4 Å². The van der Waals surface area contributed by atoms with E-state index in [1.54, 1.807) is 13.8 Å². The third-order valence-corrected chi connectivity index (χ3v) is 4.99. The van der Waals surface area contributed by atoms with Gasteiger partial charge < -0.3 is 14.4 Å². The van der Waals surface area contributed by atoms with Crippen LogP contribution in [0.5, 0.6) is 0 Å². The molecule has 1 atom stereocenters. The van der Waals surface area contributed by atoms with Crippen molar-refractivity contribution in [2.45, 2.75) is 23.4 Å². The third kappa shape index (κ3) is 4.78. The summed E-state index contributed by atoms with van der Waals surface area (Å²) < 4.78 is 20.2. The Balaban J connectivity index is 5.09. The van der Waals surface area contributed by atoms with Crippen molar-refractivity contribution >= 4 is 48.8 Å². The van der Waals surface area contributed by atoms with Gasteiger partial charge in [-0.05, 0) is 13.8 Å². The van der Waals surface area contributed by atoms with Crippen molar-refractivity contribution in [3.63, 3.8) is 0 Å². The predicted molar refractivity (Wildman–Crippen MR) is 64.1 cm³/mol. The number of carbonyl (C=O) groups excluding carboxylic acids is 1. The summed E-state index contributed by atoms with van der Waals surface area (Å²) in [5.41, 5.74) is 0. The largest absolute Gasteiger partial charge is 0.357 e. The lowest BCUT2D eigenvalue weighted by atomic mass is 10.7. The lowest BCUT2D eigenvalue weighted by Crippen LogP contribution is -2.40. The van der Waals surface area contributed by atoms with Crippen molar-refractivity contribution in [3.8, 4) is 0 Å². The second kappa shape index (κ2) is 7.04. The molecule has 0 saturated heterocycles. The van der Waals surface area contributed by atoms with Crippen molar-refractivity contribution in [1.82, 2.24) is 5.32 Å². The minimum Gasteiger partial charge on any atom is -0.341 e. The molecule has 0 aromatic rings. The molecule has 0 heterocycles. The van der Waals surface area contributed by atoms with Crippen molar-refractivity contribution in [1.29, 1.82) is 0 Å². The minimum absolute atomic E-state index is 0.106. The maximum Gasteiger partial charge on any atom is 0.357 e. The smallest absolute Gasteiger partial charge is 0.341 e. The van der Waals surface area contributed by atoms with Gasteiger partial charge in [-0.25, -0.2) is 0 Å². The lowest BCUT2D eigenvalue weighted by Gasteiger charge is -2.30. The first-order valence-corrected chi connectivity index (χ1v) is 7.21.